The summed E-state index contributed by atoms with van der Waals surface area (Å²) < 4.78 is 28.1. The summed E-state index contributed by atoms with van der Waals surface area (Å²) in [5.41, 5.74) is -0.140. The SMILES string of the molecule is CC(C)C(C)OCC(CS(=O)(=O)Cl)C(C)(C)C. The van der Waals surface area contributed by atoms with Crippen molar-refractivity contribution in [3.05, 3.63) is 0 Å². The Labute approximate surface area is 110 Å². The highest BCUT2D eigenvalue weighted by Gasteiger charge is 2.29. The van der Waals surface area contributed by atoms with Crippen LogP contribution in [0.5, 0.6) is 0 Å². The summed E-state index contributed by atoms with van der Waals surface area (Å²) in [4.78, 5) is 0. The topological polar surface area (TPSA) is 43.4 Å². The second-order valence-electron chi connectivity index (χ2n) is 6.05. The van der Waals surface area contributed by atoms with Crippen LogP contribution in [0, 0.1) is 17.3 Å². The minimum atomic E-state index is -3.48. The van der Waals surface area contributed by atoms with E-state index in [1.54, 1.807) is 0 Å². The molecule has 0 saturated heterocycles. The highest BCUT2D eigenvalue weighted by Crippen LogP contribution is 2.29. The van der Waals surface area contributed by atoms with E-state index in [2.05, 4.69) is 13.8 Å². The summed E-state index contributed by atoms with van der Waals surface area (Å²) in [6, 6.07) is 0. The lowest BCUT2D eigenvalue weighted by molar-refractivity contribution is -0.00402. The van der Waals surface area contributed by atoms with Crippen LogP contribution < -0.4 is 0 Å². The molecule has 104 valence electrons. The van der Waals surface area contributed by atoms with Crippen LogP contribution in [0.4, 0.5) is 0 Å². The molecule has 0 fully saturated rings. The van der Waals surface area contributed by atoms with E-state index >= 15 is 0 Å². The largest absolute Gasteiger partial charge is 0.378 e. The highest BCUT2D eigenvalue weighted by atomic mass is 35.7. The third-order valence-corrected chi connectivity index (χ3v) is 4.30. The van der Waals surface area contributed by atoms with Crippen molar-refractivity contribution in [3.8, 4) is 0 Å². The fourth-order valence-electron chi connectivity index (χ4n) is 1.25. The van der Waals surface area contributed by atoms with Crippen molar-refractivity contribution in [1.82, 2.24) is 0 Å². The van der Waals surface area contributed by atoms with Gasteiger partial charge >= 0.3 is 0 Å². The van der Waals surface area contributed by atoms with Crippen LogP contribution in [-0.4, -0.2) is 26.9 Å². The van der Waals surface area contributed by atoms with Crippen molar-refractivity contribution < 1.29 is 13.2 Å². The molecule has 0 amide bonds. The number of hydrogen-bond acceptors (Lipinski definition) is 3. The normalized spacial score (nSPS) is 17.2. The quantitative estimate of drug-likeness (QED) is 0.703. The summed E-state index contributed by atoms with van der Waals surface area (Å²) in [6.45, 7) is 12.6. The van der Waals surface area contributed by atoms with Gasteiger partial charge in [0.05, 0.1) is 18.5 Å². The molecule has 0 aliphatic heterocycles. The van der Waals surface area contributed by atoms with Crippen molar-refractivity contribution >= 4 is 19.7 Å². The molecule has 0 heterocycles. The maximum Gasteiger partial charge on any atom is 0.232 e. The monoisotopic (exact) mass is 284 g/mol. The van der Waals surface area contributed by atoms with E-state index in [0.29, 0.717) is 12.5 Å². The molecule has 17 heavy (non-hydrogen) atoms. The predicted molar refractivity (Wildman–Crippen MR) is 72.8 cm³/mol. The third-order valence-electron chi connectivity index (χ3n) is 3.12. The van der Waals surface area contributed by atoms with Gasteiger partial charge < -0.3 is 4.74 Å². The number of ether oxygens (including phenoxy) is 1. The Morgan fingerprint density at radius 2 is 1.65 bits per heavy atom. The summed E-state index contributed by atoms with van der Waals surface area (Å²) in [6.07, 6.45) is 0.123. The van der Waals surface area contributed by atoms with Gasteiger partial charge in [0.25, 0.3) is 0 Å². The lowest BCUT2D eigenvalue weighted by atomic mass is 9.82. The van der Waals surface area contributed by atoms with Gasteiger partial charge in [-0.2, -0.15) is 0 Å². The molecule has 0 aliphatic rings. The second-order valence-corrected chi connectivity index (χ2v) is 8.87. The van der Waals surface area contributed by atoms with Gasteiger partial charge in [0.1, 0.15) is 0 Å². The number of hydrogen-bond donors (Lipinski definition) is 0. The van der Waals surface area contributed by atoms with Gasteiger partial charge in [0.2, 0.25) is 9.05 Å². The Hall–Kier alpha value is 0.200. The third kappa shape index (κ3) is 8.01. The van der Waals surface area contributed by atoms with Gasteiger partial charge in [-0.15, -0.1) is 0 Å². The first-order chi connectivity index (χ1) is 7.43. The summed E-state index contributed by atoms with van der Waals surface area (Å²) in [5, 5.41) is 0. The second kappa shape index (κ2) is 6.39. The van der Waals surface area contributed by atoms with Crippen LogP contribution in [0.25, 0.3) is 0 Å². The fraction of sp³-hybridized carbons (Fsp3) is 1.00. The average molecular weight is 285 g/mol. The molecule has 0 bridgehead atoms. The lowest BCUT2D eigenvalue weighted by Gasteiger charge is -2.31. The zero-order valence-electron chi connectivity index (χ0n) is 11.7. The van der Waals surface area contributed by atoms with Crippen molar-refractivity contribution in [3.63, 3.8) is 0 Å². The average Bonchev–Trinajstić information content (AvgIpc) is 2.07. The van der Waals surface area contributed by atoms with Gasteiger partial charge in [0, 0.05) is 16.6 Å². The van der Waals surface area contributed by atoms with Crippen molar-refractivity contribution in [2.24, 2.45) is 17.3 Å². The van der Waals surface area contributed by atoms with E-state index in [0.717, 1.165) is 0 Å². The molecule has 0 aliphatic carbocycles. The van der Waals surface area contributed by atoms with Crippen LogP contribution in [-0.2, 0) is 13.8 Å². The van der Waals surface area contributed by atoms with Crippen molar-refractivity contribution in [2.45, 2.75) is 47.6 Å². The van der Waals surface area contributed by atoms with Crippen LogP contribution >= 0.6 is 10.7 Å². The first-order valence-electron chi connectivity index (χ1n) is 5.97. The van der Waals surface area contributed by atoms with E-state index in [-0.39, 0.29) is 23.2 Å². The first kappa shape index (κ1) is 17.2. The molecule has 0 aromatic carbocycles. The Balaban J connectivity index is 4.53. The lowest BCUT2D eigenvalue weighted by Crippen LogP contribution is -2.32. The predicted octanol–water partition coefficient (Wildman–Crippen LogP) is 3.28. The summed E-state index contributed by atoms with van der Waals surface area (Å²) in [7, 11) is 1.85. The summed E-state index contributed by atoms with van der Waals surface area (Å²) in [5.74, 6) is 0.289. The Bertz CT molecular complexity index is 317. The summed E-state index contributed by atoms with van der Waals surface area (Å²) >= 11 is 0. The van der Waals surface area contributed by atoms with E-state index in [9.17, 15) is 8.42 Å². The fourth-order valence-corrected chi connectivity index (χ4v) is 2.78. The highest BCUT2D eigenvalue weighted by molar-refractivity contribution is 8.13. The zero-order valence-corrected chi connectivity index (χ0v) is 13.2. The molecular formula is C12H25ClO3S. The minimum absolute atomic E-state index is 0.0388. The van der Waals surface area contributed by atoms with E-state index in [4.69, 9.17) is 15.4 Å². The standard InChI is InChI=1S/C12H25ClO3S/c1-9(2)10(3)16-7-11(12(4,5)6)8-17(13,14)15/h9-11H,7-8H2,1-6H3. The first-order valence-corrected chi connectivity index (χ1v) is 8.45. The minimum Gasteiger partial charge on any atom is -0.378 e. The Morgan fingerprint density at radius 3 is 1.94 bits per heavy atom. The molecule has 0 rings (SSSR count). The molecule has 0 saturated carbocycles. The molecule has 0 N–H and O–H groups in total. The maximum absolute atomic E-state index is 11.2. The number of halogens is 1. The van der Waals surface area contributed by atoms with Gasteiger partial charge in [-0.25, -0.2) is 8.42 Å². The Kier molecular flexibility index (Phi) is 6.47. The van der Waals surface area contributed by atoms with Crippen LogP contribution in [0.1, 0.15) is 41.5 Å². The molecule has 0 aromatic rings. The molecular weight excluding hydrogens is 260 g/mol. The van der Waals surface area contributed by atoms with Crippen molar-refractivity contribution in [2.75, 3.05) is 12.4 Å². The van der Waals surface area contributed by atoms with Crippen LogP contribution in [0.3, 0.4) is 0 Å². The number of rotatable bonds is 6. The zero-order chi connectivity index (χ0) is 13.9. The van der Waals surface area contributed by atoms with Crippen LogP contribution in [0.2, 0.25) is 0 Å². The van der Waals surface area contributed by atoms with E-state index < -0.39 is 9.05 Å². The van der Waals surface area contributed by atoms with Gasteiger partial charge in [-0.05, 0) is 18.3 Å². The van der Waals surface area contributed by atoms with Gasteiger partial charge in [0.15, 0.2) is 0 Å². The van der Waals surface area contributed by atoms with Gasteiger partial charge in [-0.3, -0.25) is 0 Å². The molecule has 2 unspecified atom stereocenters. The van der Waals surface area contributed by atoms with Crippen molar-refractivity contribution in [1.29, 1.82) is 0 Å². The molecule has 0 spiro atoms. The van der Waals surface area contributed by atoms with E-state index in [1.807, 2.05) is 27.7 Å². The smallest absolute Gasteiger partial charge is 0.232 e. The van der Waals surface area contributed by atoms with Crippen LogP contribution in [0.15, 0.2) is 0 Å². The molecule has 0 radical (unpaired) electrons. The molecule has 2 atom stereocenters. The molecule has 0 aromatic heterocycles. The Morgan fingerprint density at radius 1 is 1.18 bits per heavy atom. The maximum atomic E-state index is 11.2. The molecule has 3 nitrogen and oxygen atoms in total. The van der Waals surface area contributed by atoms with Gasteiger partial charge in [-0.1, -0.05) is 34.6 Å². The van der Waals surface area contributed by atoms with E-state index in [1.165, 1.54) is 0 Å². The molecule has 5 heteroatoms.